The van der Waals surface area contributed by atoms with Crippen LogP contribution in [0.25, 0.3) is 0 Å². The Morgan fingerprint density at radius 1 is 1.40 bits per heavy atom. The third-order valence-electron chi connectivity index (χ3n) is 3.62. The summed E-state index contributed by atoms with van der Waals surface area (Å²) in [6, 6.07) is 6.96. The molecule has 1 aliphatic rings. The van der Waals surface area contributed by atoms with Crippen LogP contribution in [-0.2, 0) is 20.7 Å². The highest BCUT2D eigenvalue weighted by atomic mass is 16.6. The van der Waals surface area contributed by atoms with Crippen molar-refractivity contribution in [2.24, 2.45) is 11.7 Å². The Morgan fingerprint density at radius 2 is 2.05 bits per heavy atom. The third-order valence-corrected chi connectivity index (χ3v) is 3.62. The van der Waals surface area contributed by atoms with E-state index >= 15 is 0 Å². The number of hydrogen-bond donors (Lipinski definition) is 1. The quantitative estimate of drug-likeness (QED) is 0.674. The highest BCUT2D eigenvalue weighted by Gasteiger charge is 2.40. The van der Waals surface area contributed by atoms with Crippen LogP contribution in [0.2, 0.25) is 0 Å². The lowest BCUT2D eigenvalue weighted by atomic mass is 9.88. The number of fused-ring (bicyclic) bond motifs is 1. The number of esters is 1. The van der Waals surface area contributed by atoms with Gasteiger partial charge in [0.15, 0.2) is 0 Å². The van der Waals surface area contributed by atoms with E-state index in [4.69, 9.17) is 10.5 Å². The second kappa shape index (κ2) is 5.37. The van der Waals surface area contributed by atoms with Crippen LogP contribution in [0.1, 0.15) is 37.8 Å². The average Bonchev–Trinajstić information content (AvgIpc) is 2.74. The molecule has 1 aliphatic carbocycles. The number of ether oxygens (including phenoxy) is 1. The monoisotopic (exact) mass is 275 g/mol. The van der Waals surface area contributed by atoms with Crippen molar-refractivity contribution in [3.05, 3.63) is 35.4 Å². The second-order valence-corrected chi connectivity index (χ2v) is 6.29. The first-order chi connectivity index (χ1) is 9.33. The van der Waals surface area contributed by atoms with Gasteiger partial charge in [-0.1, -0.05) is 24.3 Å². The van der Waals surface area contributed by atoms with E-state index in [1.165, 1.54) is 0 Å². The molecule has 3 unspecified atom stereocenters. The molecular weight excluding hydrogens is 254 g/mol. The largest absolute Gasteiger partial charge is 0.459 e. The standard InChI is InChI=1S/C16H21NO3/c1-16(2,3)20-15(19)14(17)12-8-10-6-4-5-7-11(10)13(12)9-18/h4-7,9,12-14H,8,17H2,1-3H3. The Bertz CT molecular complexity index is 519. The van der Waals surface area contributed by atoms with Crippen LogP contribution in [0.15, 0.2) is 24.3 Å². The number of carbonyl (C=O) groups excluding carboxylic acids is 2. The van der Waals surface area contributed by atoms with Gasteiger partial charge in [0.25, 0.3) is 0 Å². The fraction of sp³-hybridized carbons (Fsp3) is 0.500. The molecule has 0 radical (unpaired) electrons. The van der Waals surface area contributed by atoms with E-state index in [0.717, 1.165) is 17.4 Å². The Labute approximate surface area is 119 Å². The minimum atomic E-state index is -0.781. The molecule has 0 amide bonds. The van der Waals surface area contributed by atoms with Crippen LogP contribution in [0, 0.1) is 5.92 Å². The summed E-state index contributed by atoms with van der Waals surface area (Å²) < 4.78 is 5.32. The summed E-state index contributed by atoms with van der Waals surface area (Å²) >= 11 is 0. The number of hydrogen-bond acceptors (Lipinski definition) is 4. The van der Waals surface area contributed by atoms with Gasteiger partial charge >= 0.3 is 5.97 Å². The molecule has 0 heterocycles. The zero-order chi connectivity index (χ0) is 14.9. The predicted molar refractivity (Wildman–Crippen MR) is 76.3 cm³/mol. The zero-order valence-electron chi connectivity index (χ0n) is 12.1. The Balaban J connectivity index is 2.18. The van der Waals surface area contributed by atoms with Crippen LogP contribution in [0.5, 0.6) is 0 Å². The van der Waals surface area contributed by atoms with E-state index in [1.54, 1.807) is 20.8 Å². The smallest absolute Gasteiger partial charge is 0.323 e. The van der Waals surface area contributed by atoms with E-state index in [-0.39, 0.29) is 11.8 Å². The van der Waals surface area contributed by atoms with E-state index in [0.29, 0.717) is 6.42 Å². The molecule has 0 fully saturated rings. The molecule has 0 aliphatic heterocycles. The molecule has 0 aromatic heterocycles. The molecule has 4 heteroatoms. The van der Waals surface area contributed by atoms with Gasteiger partial charge in [-0.15, -0.1) is 0 Å². The maximum atomic E-state index is 12.1. The van der Waals surface area contributed by atoms with E-state index in [2.05, 4.69) is 0 Å². The lowest BCUT2D eigenvalue weighted by Gasteiger charge is -2.26. The lowest BCUT2D eigenvalue weighted by Crippen LogP contribution is -2.44. The van der Waals surface area contributed by atoms with Gasteiger partial charge in [-0.2, -0.15) is 0 Å². The predicted octanol–water partition coefficient (Wildman–Crippen LogP) is 1.81. The minimum Gasteiger partial charge on any atom is -0.459 e. The number of nitrogens with two attached hydrogens (primary N) is 1. The van der Waals surface area contributed by atoms with Gasteiger partial charge in [-0.3, -0.25) is 4.79 Å². The number of carbonyl (C=O) groups is 2. The van der Waals surface area contributed by atoms with Crippen LogP contribution < -0.4 is 5.73 Å². The first-order valence-corrected chi connectivity index (χ1v) is 6.85. The van der Waals surface area contributed by atoms with Crippen molar-refractivity contribution >= 4 is 12.3 Å². The summed E-state index contributed by atoms with van der Waals surface area (Å²) in [4.78, 5) is 23.5. The van der Waals surface area contributed by atoms with Crippen LogP contribution in [0.4, 0.5) is 0 Å². The molecule has 4 nitrogen and oxygen atoms in total. The van der Waals surface area contributed by atoms with E-state index in [1.807, 2.05) is 24.3 Å². The Kier molecular flexibility index (Phi) is 3.95. The molecule has 2 rings (SSSR count). The summed E-state index contributed by atoms with van der Waals surface area (Å²) in [5, 5.41) is 0. The van der Waals surface area contributed by atoms with Gasteiger partial charge in [-0.25, -0.2) is 0 Å². The van der Waals surface area contributed by atoms with Crippen molar-refractivity contribution in [3.63, 3.8) is 0 Å². The maximum Gasteiger partial charge on any atom is 0.323 e. The van der Waals surface area contributed by atoms with Crippen molar-refractivity contribution in [1.82, 2.24) is 0 Å². The third kappa shape index (κ3) is 2.90. The lowest BCUT2D eigenvalue weighted by molar-refractivity contribution is -0.158. The van der Waals surface area contributed by atoms with Gasteiger partial charge < -0.3 is 15.3 Å². The molecule has 20 heavy (non-hydrogen) atoms. The molecule has 0 saturated heterocycles. The molecule has 1 aromatic rings. The molecule has 1 aromatic carbocycles. The van der Waals surface area contributed by atoms with Crippen LogP contribution in [0.3, 0.4) is 0 Å². The summed E-state index contributed by atoms with van der Waals surface area (Å²) in [6.45, 7) is 5.41. The normalized spacial score (nSPS) is 23.0. The number of benzene rings is 1. The van der Waals surface area contributed by atoms with Gasteiger partial charge in [-0.05, 0) is 38.3 Å². The summed E-state index contributed by atoms with van der Waals surface area (Å²) in [5.74, 6) is -0.990. The van der Waals surface area contributed by atoms with Gasteiger partial charge in [0.05, 0.1) is 0 Å². The van der Waals surface area contributed by atoms with Gasteiger partial charge in [0.2, 0.25) is 0 Å². The summed E-state index contributed by atoms with van der Waals surface area (Å²) in [6.07, 6.45) is 1.53. The highest BCUT2D eigenvalue weighted by molar-refractivity contribution is 5.79. The van der Waals surface area contributed by atoms with Gasteiger partial charge in [0.1, 0.15) is 17.9 Å². The fourth-order valence-corrected chi connectivity index (χ4v) is 2.73. The topological polar surface area (TPSA) is 69.4 Å². The molecule has 2 N–H and O–H groups in total. The van der Waals surface area contributed by atoms with Crippen LogP contribution in [-0.4, -0.2) is 23.9 Å². The Hall–Kier alpha value is -1.68. The van der Waals surface area contributed by atoms with E-state index < -0.39 is 17.6 Å². The fourth-order valence-electron chi connectivity index (χ4n) is 2.73. The van der Waals surface area contributed by atoms with Crippen molar-refractivity contribution in [2.75, 3.05) is 0 Å². The molecule has 108 valence electrons. The summed E-state index contributed by atoms with van der Waals surface area (Å²) in [7, 11) is 0. The zero-order valence-corrected chi connectivity index (χ0v) is 12.1. The van der Waals surface area contributed by atoms with Crippen molar-refractivity contribution in [3.8, 4) is 0 Å². The number of aldehydes is 1. The molecule has 0 spiro atoms. The first kappa shape index (κ1) is 14.7. The van der Waals surface area contributed by atoms with Gasteiger partial charge in [0, 0.05) is 11.8 Å². The molecular formula is C16H21NO3. The van der Waals surface area contributed by atoms with Crippen molar-refractivity contribution in [1.29, 1.82) is 0 Å². The maximum absolute atomic E-state index is 12.1. The SMILES string of the molecule is CC(C)(C)OC(=O)C(N)C1Cc2ccccc2C1C=O. The van der Waals surface area contributed by atoms with Crippen LogP contribution >= 0.6 is 0 Å². The van der Waals surface area contributed by atoms with Crippen molar-refractivity contribution in [2.45, 2.75) is 44.8 Å². The van der Waals surface area contributed by atoms with E-state index in [9.17, 15) is 9.59 Å². The summed E-state index contributed by atoms with van der Waals surface area (Å²) in [5.41, 5.74) is 7.54. The molecule has 0 bridgehead atoms. The Morgan fingerprint density at radius 3 is 2.65 bits per heavy atom. The highest BCUT2D eigenvalue weighted by Crippen LogP contribution is 2.38. The van der Waals surface area contributed by atoms with Crippen molar-refractivity contribution < 1.29 is 14.3 Å². The molecule has 3 atom stereocenters. The first-order valence-electron chi connectivity index (χ1n) is 6.85. The second-order valence-electron chi connectivity index (χ2n) is 6.29. The molecule has 0 saturated carbocycles. The number of rotatable bonds is 3. The average molecular weight is 275 g/mol. The minimum absolute atomic E-state index is 0.222.